The van der Waals surface area contributed by atoms with Crippen LogP contribution < -0.4 is 5.73 Å². The number of carbonyl (C=O) groups is 1. The molecule has 18 heavy (non-hydrogen) atoms. The van der Waals surface area contributed by atoms with E-state index in [0.717, 1.165) is 35.1 Å². The highest BCUT2D eigenvalue weighted by atomic mass is 79.9. The summed E-state index contributed by atoms with van der Waals surface area (Å²) < 4.78 is 0.982. The summed E-state index contributed by atoms with van der Waals surface area (Å²) in [7, 11) is 0. The molecule has 1 heterocycles. The van der Waals surface area contributed by atoms with E-state index in [1.807, 2.05) is 30.0 Å². The van der Waals surface area contributed by atoms with E-state index in [-0.39, 0.29) is 11.9 Å². The van der Waals surface area contributed by atoms with Gasteiger partial charge >= 0.3 is 0 Å². The van der Waals surface area contributed by atoms with Gasteiger partial charge in [-0.3, -0.25) is 4.79 Å². The average molecular weight is 311 g/mol. The number of likely N-dealkylation sites (tertiary alicyclic amines) is 1. The van der Waals surface area contributed by atoms with Gasteiger partial charge in [0, 0.05) is 29.2 Å². The van der Waals surface area contributed by atoms with Gasteiger partial charge in [0.2, 0.25) is 0 Å². The second-order valence-electron chi connectivity index (χ2n) is 5.09. The van der Waals surface area contributed by atoms with Crippen LogP contribution in [0.4, 0.5) is 0 Å². The van der Waals surface area contributed by atoms with Crippen LogP contribution in [0.3, 0.4) is 0 Å². The Kier molecular flexibility index (Phi) is 4.07. The normalized spacial score (nSPS) is 24.1. The first kappa shape index (κ1) is 13.6. The van der Waals surface area contributed by atoms with Crippen LogP contribution in [0.5, 0.6) is 0 Å². The van der Waals surface area contributed by atoms with E-state index in [2.05, 4.69) is 22.9 Å². The number of amides is 1. The van der Waals surface area contributed by atoms with E-state index >= 15 is 0 Å². The van der Waals surface area contributed by atoms with Crippen LogP contribution in [-0.4, -0.2) is 29.9 Å². The van der Waals surface area contributed by atoms with E-state index in [4.69, 9.17) is 5.73 Å². The topological polar surface area (TPSA) is 46.3 Å². The summed E-state index contributed by atoms with van der Waals surface area (Å²) >= 11 is 3.47. The molecule has 0 saturated carbocycles. The highest BCUT2D eigenvalue weighted by molar-refractivity contribution is 9.10. The third-order valence-electron chi connectivity index (χ3n) is 3.76. The minimum absolute atomic E-state index is 0.118. The van der Waals surface area contributed by atoms with Gasteiger partial charge in [-0.05, 0) is 37.0 Å². The zero-order chi connectivity index (χ0) is 13.3. The van der Waals surface area contributed by atoms with Gasteiger partial charge in [0.15, 0.2) is 0 Å². The van der Waals surface area contributed by atoms with Gasteiger partial charge in [0.25, 0.3) is 5.91 Å². The molecule has 98 valence electrons. The molecule has 2 atom stereocenters. The third-order valence-corrected chi connectivity index (χ3v) is 4.62. The summed E-state index contributed by atoms with van der Waals surface area (Å²) in [5, 5.41) is 0. The second-order valence-corrected chi connectivity index (χ2v) is 5.95. The van der Waals surface area contributed by atoms with Gasteiger partial charge in [0.1, 0.15) is 0 Å². The van der Waals surface area contributed by atoms with Crippen LogP contribution in [0.2, 0.25) is 0 Å². The molecule has 2 unspecified atom stereocenters. The molecule has 1 fully saturated rings. The van der Waals surface area contributed by atoms with Gasteiger partial charge in [0.05, 0.1) is 0 Å². The highest BCUT2D eigenvalue weighted by Crippen LogP contribution is 2.23. The number of nitrogens with two attached hydrogens (primary N) is 1. The maximum Gasteiger partial charge on any atom is 0.254 e. The van der Waals surface area contributed by atoms with Crippen LogP contribution in [0.25, 0.3) is 0 Å². The van der Waals surface area contributed by atoms with Crippen molar-refractivity contribution in [2.75, 3.05) is 13.1 Å². The quantitative estimate of drug-likeness (QED) is 0.866. The predicted molar refractivity (Wildman–Crippen MR) is 76.5 cm³/mol. The highest BCUT2D eigenvalue weighted by Gasteiger charge is 2.27. The molecule has 1 saturated heterocycles. The van der Waals surface area contributed by atoms with Gasteiger partial charge in [-0.1, -0.05) is 28.9 Å². The molecule has 0 spiro atoms. The summed E-state index contributed by atoms with van der Waals surface area (Å²) in [6, 6.07) is 5.98. The Bertz CT molecular complexity index is 461. The summed E-state index contributed by atoms with van der Waals surface area (Å²) in [6.07, 6.45) is 0.889. The maximum atomic E-state index is 12.5. The number of halogens is 1. The Morgan fingerprint density at radius 1 is 1.50 bits per heavy atom. The Hall–Kier alpha value is -0.870. The molecule has 0 radical (unpaired) electrons. The van der Waals surface area contributed by atoms with Crippen LogP contribution in [0.1, 0.15) is 29.3 Å². The van der Waals surface area contributed by atoms with Gasteiger partial charge in [-0.25, -0.2) is 0 Å². The van der Waals surface area contributed by atoms with Crippen molar-refractivity contribution in [1.82, 2.24) is 4.90 Å². The first-order valence-electron chi connectivity index (χ1n) is 6.30. The number of rotatable bonds is 1. The minimum Gasteiger partial charge on any atom is -0.338 e. The molecule has 4 heteroatoms. The Morgan fingerprint density at radius 3 is 2.89 bits per heavy atom. The molecule has 1 aromatic rings. The van der Waals surface area contributed by atoms with Crippen LogP contribution in [-0.2, 0) is 0 Å². The lowest BCUT2D eigenvalue weighted by molar-refractivity contribution is 0.0663. The van der Waals surface area contributed by atoms with E-state index < -0.39 is 0 Å². The smallest absolute Gasteiger partial charge is 0.254 e. The van der Waals surface area contributed by atoms with Crippen molar-refractivity contribution < 1.29 is 4.79 Å². The summed E-state index contributed by atoms with van der Waals surface area (Å²) in [6.45, 7) is 5.59. The van der Waals surface area contributed by atoms with E-state index in [1.165, 1.54) is 0 Å². The van der Waals surface area contributed by atoms with Gasteiger partial charge in [-0.2, -0.15) is 0 Å². The van der Waals surface area contributed by atoms with Gasteiger partial charge < -0.3 is 10.6 Å². The molecular formula is C14H19BrN2O. The molecule has 3 nitrogen and oxygen atoms in total. The van der Waals surface area contributed by atoms with E-state index in [9.17, 15) is 4.79 Å². The van der Waals surface area contributed by atoms with Crippen LogP contribution >= 0.6 is 15.9 Å². The molecule has 1 aromatic carbocycles. The number of carbonyl (C=O) groups excluding carboxylic acids is 1. The molecule has 1 aliphatic heterocycles. The SMILES string of the molecule is Cc1c(Br)cccc1C(=O)N1CCC(N)C(C)C1. The fourth-order valence-corrected chi connectivity index (χ4v) is 2.72. The number of benzene rings is 1. The van der Waals surface area contributed by atoms with Gasteiger partial charge in [-0.15, -0.1) is 0 Å². The third kappa shape index (κ3) is 2.59. The largest absolute Gasteiger partial charge is 0.338 e. The molecule has 1 aliphatic rings. The Balaban J connectivity index is 2.19. The van der Waals surface area contributed by atoms with Crippen molar-refractivity contribution >= 4 is 21.8 Å². The van der Waals surface area contributed by atoms with Crippen molar-refractivity contribution in [2.45, 2.75) is 26.3 Å². The first-order chi connectivity index (χ1) is 8.50. The predicted octanol–water partition coefficient (Wildman–Crippen LogP) is 2.57. The Labute approximate surface area is 116 Å². The minimum atomic E-state index is 0.118. The lowest BCUT2D eigenvalue weighted by Gasteiger charge is -2.35. The standard InChI is InChI=1S/C14H19BrN2O/c1-9-8-17(7-6-13(9)16)14(18)11-4-3-5-12(15)10(11)2/h3-5,9,13H,6-8,16H2,1-2H3. The molecule has 1 amide bonds. The Morgan fingerprint density at radius 2 is 2.22 bits per heavy atom. The summed E-state index contributed by atoms with van der Waals surface area (Å²) in [4.78, 5) is 14.4. The van der Waals surface area contributed by atoms with E-state index in [1.54, 1.807) is 0 Å². The van der Waals surface area contributed by atoms with Crippen LogP contribution in [0, 0.1) is 12.8 Å². The number of hydrogen-bond donors (Lipinski definition) is 1. The molecule has 0 bridgehead atoms. The zero-order valence-corrected chi connectivity index (χ0v) is 12.4. The molecule has 2 N–H and O–H groups in total. The monoisotopic (exact) mass is 310 g/mol. The molecular weight excluding hydrogens is 292 g/mol. The number of piperidine rings is 1. The lowest BCUT2D eigenvalue weighted by Crippen LogP contribution is -2.48. The average Bonchev–Trinajstić information content (AvgIpc) is 2.35. The fourth-order valence-electron chi connectivity index (χ4n) is 2.36. The fraction of sp³-hybridized carbons (Fsp3) is 0.500. The maximum absolute atomic E-state index is 12.5. The van der Waals surface area contributed by atoms with Crippen molar-refractivity contribution in [3.63, 3.8) is 0 Å². The van der Waals surface area contributed by atoms with Crippen molar-refractivity contribution in [2.24, 2.45) is 11.7 Å². The first-order valence-corrected chi connectivity index (χ1v) is 7.10. The summed E-state index contributed by atoms with van der Waals surface area (Å²) in [5.74, 6) is 0.489. The number of hydrogen-bond acceptors (Lipinski definition) is 2. The van der Waals surface area contributed by atoms with E-state index in [0.29, 0.717) is 5.92 Å². The molecule has 0 aromatic heterocycles. The van der Waals surface area contributed by atoms with Crippen LogP contribution in [0.15, 0.2) is 22.7 Å². The number of nitrogens with zero attached hydrogens (tertiary/aromatic N) is 1. The molecule has 2 rings (SSSR count). The lowest BCUT2D eigenvalue weighted by atomic mass is 9.94. The summed E-state index contributed by atoms with van der Waals surface area (Å²) in [5.41, 5.74) is 7.78. The van der Waals surface area contributed by atoms with Crippen molar-refractivity contribution in [3.8, 4) is 0 Å². The van der Waals surface area contributed by atoms with Crippen molar-refractivity contribution in [1.29, 1.82) is 0 Å². The second kappa shape index (κ2) is 5.41. The zero-order valence-electron chi connectivity index (χ0n) is 10.8. The molecule has 0 aliphatic carbocycles. The van der Waals surface area contributed by atoms with Crippen molar-refractivity contribution in [3.05, 3.63) is 33.8 Å².